The van der Waals surface area contributed by atoms with E-state index in [1.54, 1.807) is 18.2 Å². The smallest absolute Gasteiger partial charge is 0.124 e. The lowest BCUT2D eigenvalue weighted by Crippen LogP contribution is -1.87. The molecule has 2 aromatic carbocycles. The van der Waals surface area contributed by atoms with E-state index in [1.165, 1.54) is 18.2 Å². The van der Waals surface area contributed by atoms with Crippen LogP contribution in [-0.4, -0.2) is 5.11 Å². The van der Waals surface area contributed by atoms with Crippen molar-refractivity contribution in [1.29, 1.82) is 0 Å². The van der Waals surface area contributed by atoms with Crippen LogP contribution >= 0.6 is 11.6 Å². The Morgan fingerprint density at radius 2 is 1.81 bits per heavy atom. The first kappa shape index (κ1) is 10.8. The molecule has 0 radical (unpaired) electrons. The summed E-state index contributed by atoms with van der Waals surface area (Å²) in [6.45, 7) is 0. The lowest BCUT2D eigenvalue weighted by atomic mass is 10.0. The number of phenols is 1. The molecule has 2 aromatic rings. The number of hydrogen-bond acceptors (Lipinski definition) is 2. The molecule has 0 aliphatic heterocycles. The highest BCUT2D eigenvalue weighted by Crippen LogP contribution is 2.35. The van der Waals surface area contributed by atoms with Crippen LogP contribution in [0.4, 0.5) is 10.1 Å². The number of hydrogen-bond donors (Lipinski definition) is 2. The molecule has 3 N–H and O–H groups in total. The maximum Gasteiger partial charge on any atom is 0.124 e. The molecule has 0 bridgehead atoms. The van der Waals surface area contributed by atoms with Crippen molar-refractivity contribution in [3.8, 4) is 16.9 Å². The van der Waals surface area contributed by atoms with Crippen LogP contribution in [0.3, 0.4) is 0 Å². The van der Waals surface area contributed by atoms with Crippen molar-refractivity contribution in [2.24, 2.45) is 0 Å². The number of aromatic hydroxyl groups is 1. The molecule has 16 heavy (non-hydrogen) atoms. The van der Waals surface area contributed by atoms with Gasteiger partial charge in [-0.15, -0.1) is 0 Å². The summed E-state index contributed by atoms with van der Waals surface area (Å²) in [5.74, 6) is -0.450. The van der Waals surface area contributed by atoms with Gasteiger partial charge in [0, 0.05) is 16.8 Å². The first-order chi connectivity index (χ1) is 7.58. The van der Waals surface area contributed by atoms with E-state index in [9.17, 15) is 9.50 Å². The minimum atomic E-state index is -0.430. The fourth-order valence-corrected chi connectivity index (χ4v) is 1.76. The van der Waals surface area contributed by atoms with Gasteiger partial charge >= 0.3 is 0 Å². The molecule has 0 aliphatic rings. The quantitative estimate of drug-likeness (QED) is 0.747. The Balaban J connectivity index is 2.62. The summed E-state index contributed by atoms with van der Waals surface area (Å²) in [5, 5.41) is 10.0. The minimum absolute atomic E-state index is 0.0203. The number of anilines is 1. The van der Waals surface area contributed by atoms with Gasteiger partial charge < -0.3 is 10.8 Å². The Labute approximate surface area is 97.1 Å². The van der Waals surface area contributed by atoms with Gasteiger partial charge in [0.15, 0.2) is 0 Å². The predicted molar refractivity (Wildman–Crippen MR) is 62.9 cm³/mol. The van der Waals surface area contributed by atoms with Gasteiger partial charge in [0.2, 0.25) is 0 Å². The summed E-state index contributed by atoms with van der Waals surface area (Å²) in [4.78, 5) is 0. The van der Waals surface area contributed by atoms with E-state index in [4.69, 9.17) is 17.3 Å². The summed E-state index contributed by atoms with van der Waals surface area (Å²) < 4.78 is 13.1. The molecule has 0 atom stereocenters. The highest BCUT2D eigenvalue weighted by molar-refractivity contribution is 6.33. The first-order valence-corrected chi connectivity index (χ1v) is 4.99. The summed E-state index contributed by atoms with van der Waals surface area (Å²) in [6, 6.07) is 8.55. The minimum Gasteiger partial charge on any atom is -0.507 e. The number of nitrogen functional groups attached to an aromatic ring is 1. The molecule has 2 nitrogen and oxygen atoms in total. The van der Waals surface area contributed by atoms with Crippen molar-refractivity contribution in [2.75, 3.05) is 5.73 Å². The molecule has 0 aliphatic carbocycles. The highest BCUT2D eigenvalue weighted by atomic mass is 35.5. The van der Waals surface area contributed by atoms with Crippen LogP contribution < -0.4 is 5.73 Å². The molecule has 0 saturated carbocycles. The van der Waals surface area contributed by atoms with E-state index >= 15 is 0 Å². The van der Waals surface area contributed by atoms with Crippen molar-refractivity contribution in [1.82, 2.24) is 0 Å². The predicted octanol–water partition coefficient (Wildman–Crippen LogP) is 3.43. The Morgan fingerprint density at radius 1 is 1.06 bits per heavy atom. The molecule has 2 rings (SSSR count). The number of nitrogens with two attached hydrogens (primary N) is 1. The van der Waals surface area contributed by atoms with Gasteiger partial charge in [0.1, 0.15) is 11.6 Å². The number of rotatable bonds is 1. The Kier molecular flexibility index (Phi) is 2.71. The van der Waals surface area contributed by atoms with Gasteiger partial charge in [0.25, 0.3) is 0 Å². The van der Waals surface area contributed by atoms with Gasteiger partial charge in [-0.1, -0.05) is 17.7 Å². The van der Waals surface area contributed by atoms with Crippen molar-refractivity contribution in [3.05, 3.63) is 47.2 Å². The second-order valence-electron chi connectivity index (χ2n) is 3.40. The molecule has 0 heterocycles. The highest BCUT2D eigenvalue weighted by Gasteiger charge is 2.09. The molecule has 0 unspecified atom stereocenters. The third-order valence-corrected chi connectivity index (χ3v) is 2.55. The average molecular weight is 238 g/mol. The zero-order valence-electron chi connectivity index (χ0n) is 8.24. The van der Waals surface area contributed by atoms with Crippen LogP contribution in [0.2, 0.25) is 5.02 Å². The van der Waals surface area contributed by atoms with Gasteiger partial charge in [-0.2, -0.15) is 0 Å². The van der Waals surface area contributed by atoms with E-state index < -0.39 is 5.82 Å². The SMILES string of the molecule is Nc1ccc(-c2cc(F)ccc2O)c(Cl)c1. The van der Waals surface area contributed by atoms with Crippen LogP contribution in [0.15, 0.2) is 36.4 Å². The standard InChI is InChI=1S/C12H9ClFNO/c13-11-6-8(15)2-3-9(11)10-5-7(14)1-4-12(10)16/h1-6,16H,15H2. The maximum atomic E-state index is 13.1. The summed E-state index contributed by atoms with van der Waals surface area (Å²) in [6.07, 6.45) is 0. The third kappa shape index (κ3) is 1.95. The van der Waals surface area contributed by atoms with E-state index in [0.717, 1.165) is 0 Å². The molecule has 4 heteroatoms. The molecule has 0 spiro atoms. The maximum absolute atomic E-state index is 13.1. The largest absolute Gasteiger partial charge is 0.507 e. The monoisotopic (exact) mass is 237 g/mol. The lowest BCUT2D eigenvalue weighted by molar-refractivity contribution is 0.475. The third-order valence-electron chi connectivity index (χ3n) is 2.24. The van der Waals surface area contributed by atoms with E-state index in [0.29, 0.717) is 21.8 Å². The zero-order valence-corrected chi connectivity index (χ0v) is 9.00. The van der Waals surface area contributed by atoms with Crippen molar-refractivity contribution in [2.45, 2.75) is 0 Å². The van der Waals surface area contributed by atoms with Crippen LogP contribution in [0.1, 0.15) is 0 Å². The molecule has 0 amide bonds. The van der Waals surface area contributed by atoms with Crippen molar-refractivity contribution < 1.29 is 9.50 Å². The number of benzene rings is 2. The lowest BCUT2D eigenvalue weighted by Gasteiger charge is -2.07. The topological polar surface area (TPSA) is 46.2 Å². The average Bonchev–Trinajstić information content (AvgIpc) is 2.22. The van der Waals surface area contributed by atoms with Gasteiger partial charge in [-0.25, -0.2) is 4.39 Å². The fraction of sp³-hybridized carbons (Fsp3) is 0. The normalized spacial score (nSPS) is 10.4. The van der Waals surface area contributed by atoms with Gasteiger partial charge in [0.05, 0.1) is 5.02 Å². The molecule has 0 aromatic heterocycles. The van der Waals surface area contributed by atoms with Crippen LogP contribution in [-0.2, 0) is 0 Å². The van der Waals surface area contributed by atoms with Gasteiger partial charge in [-0.05, 0) is 30.3 Å². The van der Waals surface area contributed by atoms with Crippen molar-refractivity contribution in [3.63, 3.8) is 0 Å². The first-order valence-electron chi connectivity index (χ1n) is 4.62. The Bertz CT molecular complexity index is 543. The Hall–Kier alpha value is -1.74. The molecular weight excluding hydrogens is 229 g/mol. The van der Waals surface area contributed by atoms with E-state index in [2.05, 4.69) is 0 Å². The molecule has 82 valence electrons. The number of phenolic OH excluding ortho intramolecular Hbond substituents is 1. The van der Waals surface area contributed by atoms with Gasteiger partial charge in [-0.3, -0.25) is 0 Å². The van der Waals surface area contributed by atoms with E-state index in [-0.39, 0.29) is 5.75 Å². The van der Waals surface area contributed by atoms with Crippen molar-refractivity contribution >= 4 is 17.3 Å². The molecule has 0 saturated heterocycles. The summed E-state index contributed by atoms with van der Waals surface area (Å²) in [7, 11) is 0. The second kappa shape index (κ2) is 4.02. The van der Waals surface area contributed by atoms with Crippen LogP contribution in [0, 0.1) is 5.82 Å². The second-order valence-corrected chi connectivity index (χ2v) is 3.81. The Morgan fingerprint density at radius 3 is 2.50 bits per heavy atom. The summed E-state index contributed by atoms with van der Waals surface area (Å²) in [5.41, 5.74) is 6.97. The van der Waals surface area contributed by atoms with E-state index in [1.807, 2.05) is 0 Å². The zero-order chi connectivity index (χ0) is 11.7. The summed E-state index contributed by atoms with van der Waals surface area (Å²) >= 11 is 5.97. The van der Waals surface area contributed by atoms with Crippen LogP contribution in [0.25, 0.3) is 11.1 Å². The fourth-order valence-electron chi connectivity index (χ4n) is 1.47. The number of halogens is 2. The molecular formula is C12H9ClFNO. The molecule has 0 fully saturated rings. The van der Waals surface area contributed by atoms with Crippen LogP contribution in [0.5, 0.6) is 5.75 Å².